The van der Waals surface area contributed by atoms with E-state index in [4.69, 9.17) is 4.42 Å². The van der Waals surface area contributed by atoms with Gasteiger partial charge in [0.25, 0.3) is 0 Å². The Labute approximate surface area is 85.8 Å². The van der Waals surface area contributed by atoms with Crippen LogP contribution in [0.25, 0.3) is 21.5 Å². The maximum atomic E-state index is 11.5. The van der Waals surface area contributed by atoms with E-state index in [0.717, 1.165) is 16.2 Å². The molecule has 0 atom stereocenters. The van der Waals surface area contributed by atoms with Crippen LogP contribution in [0.1, 0.15) is 0 Å². The van der Waals surface area contributed by atoms with Crippen molar-refractivity contribution in [1.29, 1.82) is 0 Å². The molecule has 0 unspecified atom stereocenters. The van der Waals surface area contributed by atoms with Gasteiger partial charge >= 0.3 is 5.63 Å². The first kappa shape index (κ1) is 8.24. The monoisotopic (exact) mass is 196 g/mol. The van der Waals surface area contributed by atoms with Crippen molar-refractivity contribution in [3.05, 3.63) is 59.1 Å². The lowest BCUT2D eigenvalue weighted by molar-refractivity contribution is 0.519. The highest BCUT2D eigenvalue weighted by Gasteiger charge is 2.01. The molecule has 15 heavy (non-hydrogen) atoms. The number of rotatable bonds is 0. The standard InChI is InChI=1S/C13H8O2/c14-13-12-8-10-4-2-1-3-9(10)7-11(12)5-6-15-13/h1-8H. The second-order valence-corrected chi connectivity index (χ2v) is 3.49. The Kier molecular flexibility index (Phi) is 1.62. The largest absolute Gasteiger partial charge is 0.431 e. The van der Waals surface area contributed by atoms with Crippen molar-refractivity contribution < 1.29 is 4.42 Å². The molecule has 0 amide bonds. The van der Waals surface area contributed by atoms with E-state index in [2.05, 4.69) is 0 Å². The summed E-state index contributed by atoms with van der Waals surface area (Å²) in [5, 5.41) is 3.75. The number of fused-ring (bicyclic) bond motifs is 2. The van der Waals surface area contributed by atoms with Crippen LogP contribution >= 0.6 is 0 Å². The average molecular weight is 196 g/mol. The van der Waals surface area contributed by atoms with Gasteiger partial charge in [-0.15, -0.1) is 0 Å². The Morgan fingerprint density at radius 1 is 0.867 bits per heavy atom. The zero-order valence-corrected chi connectivity index (χ0v) is 7.94. The smallest absolute Gasteiger partial charge is 0.343 e. The third-order valence-corrected chi connectivity index (χ3v) is 2.56. The Bertz CT molecular complexity index is 695. The van der Waals surface area contributed by atoms with Gasteiger partial charge in [0.1, 0.15) is 0 Å². The Morgan fingerprint density at radius 2 is 1.60 bits per heavy atom. The second kappa shape index (κ2) is 2.95. The van der Waals surface area contributed by atoms with E-state index in [0.29, 0.717) is 5.39 Å². The Balaban J connectivity index is 2.59. The number of hydrogen-bond donors (Lipinski definition) is 0. The third kappa shape index (κ3) is 1.22. The lowest BCUT2D eigenvalue weighted by Gasteiger charge is -1.99. The van der Waals surface area contributed by atoms with E-state index in [9.17, 15) is 4.79 Å². The van der Waals surface area contributed by atoms with Crippen molar-refractivity contribution in [2.24, 2.45) is 0 Å². The first-order valence-corrected chi connectivity index (χ1v) is 4.75. The maximum Gasteiger partial charge on any atom is 0.343 e. The van der Waals surface area contributed by atoms with Crippen LogP contribution in [0, 0.1) is 0 Å². The summed E-state index contributed by atoms with van der Waals surface area (Å²) in [7, 11) is 0. The van der Waals surface area contributed by atoms with Crippen LogP contribution in [0.2, 0.25) is 0 Å². The minimum Gasteiger partial charge on any atom is -0.431 e. The van der Waals surface area contributed by atoms with Gasteiger partial charge in [0.15, 0.2) is 0 Å². The number of hydrogen-bond acceptors (Lipinski definition) is 2. The van der Waals surface area contributed by atoms with Crippen LogP contribution in [-0.2, 0) is 0 Å². The predicted molar refractivity (Wildman–Crippen MR) is 60.0 cm³/mol. The zero-order chi connectivity index (χ0) is 10.3. The van der Waals surface area contributed by atoms with Crippen molar-refractivity contribution in [3.8, 4) is 0 Å². The van der Waals surface area contributed by atoms with Gasteiger partial charge < -0.3 is 4.42 Å². The lowest BCUT2D eigenvalue weighted by Crippen LogP contribution is -1.97. The molecule has 0 fully saturated rings. The molecule has 2 nitrogen and oxygen atoms in total. The summed E-state index contributed by atoms with van der Waals surface area (Å²) in [5.74, 6) is 0. The molecule has 2 aromatic carbocycles. The predicted octanol–water partition coefficient (Wildman–Crippen LogP) is 2.95. The Morgan fingerprint density at radius 3 is 2.40 bits per heavy atom. The molecule has 0 spiro atoms. The van der Waals surface area contributed by atoms with Gasteiger partial charge in [0.05, 0.1) is 11.6 Å². The molecule has 0 radical (unpaired) electrons. The van der Waals surface area contributed by atoms with Gasteiger partial charge in [-0.2, -0.15) is 0 Å². The van der Waals surface area contributed by atoms with E-state index in [1.54, 1.807) is 0 Å². The summed E-state index contributed by atoms with van der Waals surface area (Å²) in [5.41, 5.74) is -0.279. The fourth-order valence-electron chi connectivity index (χ4n) is 1.81. The molecule has 0 saturated carbocycles. The normalized spacial score (nSPS) is 10.9. The van der Waals surface area contributed by atoms with E-state index in [1.165, 1.54) is 6.26 Å². The average Bonchev–Trinajstić information content (AvgIpc) is 2.27. The van der Waals surface area contributed by atoms with Gasteiger partial charge in [-0.05, 0) is 34.4 Å². The molecule has 0 N–H and O–H groups in total. The van der Waals surface area contributed by atoms with Crippen molar-refractivity contribution in [2.75, 3.05) is 0 Å². The molecule has 0 aliphatic rings. The maximum absolute atomic E-state index is 11.5. The second-order valence-electron chi connectivity index (χ2n) is 3.49. The van der Waals surface area contributed by atoms with E-state index < -0.39 is 0 Å². The van der Waals surface area contributed by atoms with Gasteiger partial charge in [-0.1, -0.05) is 24.3 Å². The quantitative estimate of drug-likeness (QED) is 0.517. The molecule has 1 heterocycles. The van der Waals surface area contributed by atoms with Crippen molar-refractivity contribution in [1.82, 2.24) is 0 Å². The van der Waals surface area contributed by atoms with Gasteiger partial charge in [-0.3, -0.25) is 0 Å². The molecule has 1 aromatic heterocycles. The van der Waals surface area contributed by atoms with Crippen molar-refractivity contribution >= 4 is 21.5 Å². The Hall–Kier alpha value is -2.09. The van der Waals surface area contributed by atoms with Crippen LogP contribution in [0.15, 0.2) is 57.9 Å². The molecule has 0 aliphatic heterocycles. The minimum absolute atomic E-state index is 0.279. The number of benzene rings is 2. The van der Waals surface area contributed by atoms with Crippen LogP contribution in [0.3, 0.4) is 0 Å². The highest BCUT2D eigenvalue weighted by molar-refractivity contribution is 5.97. The summed E-state index contributed by atoms with van der Waals surface area (Å²) < 4.78 is 4.83. The fourth-order valence-corrected chi connectivity index (χ4v) is 1.81. The SMILES string of the molecule is O=c1occc2cc3ccccc3cc12. The zero-order valence-electron chi connectivity index (χ0n) is 7.94. The van der Waals surface area contributed by atoms with Crippen molar-refractivity contribution in [2.45, 2.75) is 0 Å². The molecule has 0 aliphatic carbocycles. The van der Waals surface area contributed by atoms with Gasteiger partial charge in [-0.25, -0.2) is 4.79 Å². The van der Waals surface area contributed by atoms with E-state index in [-0.39, 0.29) is 5.63 Å². The van der Waals surface area contributed by atoms with Crippen LogP contribution in [0.5, 0.6) is 0 Å². The van der Waals surface area contributed by atoms with Gasteiger partial charge in [0.2, 0.25) is 0 Å². The van der Waals surface area contributed by atoms with Gasteiger partial charge in [0, 0.05) is 0 Å². The first-order chi connectivity index (χ1) is 7.34. The molecule has 2 heteroatoms. The molecule has 0 saturated heterocycles. The minimum atomic E-state index is -0.279. The molecule has 72 valence electrons. The van der Waals surface area contributed by atoms with Crippen LogP contribution in [-0.4, -0.2) is 0 Å². The summed E-state index contributed by atoms with van der Waals surface area (Å²) in [6.07, 6.45) is 1.43. The fraction of sp³-hybridized carbons (Fsp3) is 0. The topological polar surface area (TPSA) is 30.2 Å². The van der Waals surface area contributed by atoms with Crippen LogP contribution in [0.4, 0.5) is 0 Å². The summed E-state index contributed by atoms with van der Waals surface area (Å²) in [4.78, 5) is 11.5. The molecule has 3 aromatic rings. The lowest BCUT2D eigenvalue weighted by atomic mass is 10.1. The summed E-state index contributed by atoms with van der Waals surface area (Å²) in [6, 6.07) is 13.6. The van der Waals surface area contributed by atoms with Crippen LogP contribution < -0.4 is 5.63 Å². The third-order valence-electron chi connectivity index (χ3n) is 2.56. The van der Waals surface area contributed by atoms with E-state index in [1.807, 2.05) is 42.5 Å². The molecular weight excluding hydrogens is 188 g/mol. The highest BCUT2D eigenvalue weighted by Crippen LogP contribution is 2.19. The van der Waals surface area contributed by atoms with E-state index >= 15 is 0 Å². The molecule has 0 bridgehead atoms. The summed E-state index contributed by atoms with van der Waals surface area (Å²) >= 11 is 0. The van der Waals surface area contributed by atoms with Crippen molar-refractivity contribution in [3.63, 3.8) is 0 Å². The first-order valence-electron chi connectivity index (χ1n) is 4.75. The molecular formula is C13H8O2. The summed E-state index contributed by atoms with van der Waals surface area (Å²) in [6.45, 7) is 0. The molecule has 3 rings (SSSR count). The highest BCUT2D eigenvalue weighted by atomic mass is 16.4.